The average Bonchev–Trinajstić information content (AvgIpc) is 3.25. The zero-order chi connectivity index (χ0) is 21.8. The number of ether oxygens (including phenoxy) is 1. The van der Waals surface area contributed by atoms with Gasteiger partial charge in [0.2, 0.25) is 0 Å². The van der Waals surface area contributed by atoms with Crippen molar-refractivity contribution in [1.29, 1.82) is 0 Å². The van der Waals surface area contributed by atoms with Gasteiger partial charge in [-0.05, 0) is 54.1 Å². The highest BCUT2D eigenvalue weighted by atomic mass is 79.9. The van der Waals surface area contributed by atoms with E-state index in [2.05, 4.69) is 31.2 Å². The van der Waals surface area contributed by atoms with Crippen LogP contribution in [0.25, 0.3) is 10.9 Å². The van der Waals surface area contributed by atoms with Crippen LogP contribution < -0.4 is 15.6 Å². The van der Waals surface area contributed by atoms with E-state index in [4.69, 9.17) is 27.9 Å². The van der Waals surface area contributed by atoms with Crippen molar-refractivity contribution in [1.82, 2.24) is 9.97 Å². The summed E-state index contributed by atoms with van der Waals surface area (Å²) in [5, 5.41) is 4.73. The van der Waals surface area contributed by atoms with Gasteiger partial charge < -0.3 is 15.0 Å². The molecule has 0 atom stereocenters. The second-order valence-corrected chi connectivity index (χ2v) is 8.51. The van der Waals surface area contributed by atoms with Gasteiger partial charge in [0, 0.05) is 17.8 Å². The van der Waals surface area contributed by atoms with Crippen LogP contribution in [0.5, 0.6) is 5.75 Å². The van der Waals surface area contributed by atoms with E-state index in [0.717, 1.165) is 23.8 Å². The summed E-state index contributed by atoms with van der Waals surface area (Å²) in [6.07, 6.45) is 7.57. The lowest BCUT2D eigenvalue weighted by molar-refractivity contribution is 0.211. The van der Waals surface area contributed by atoms with Crippen molar-refractivity contribution in [2.45, 2.75) is 52.6 Å². The van der Waals surface area contributed by atoms with Crippen molar-refractivity contribution in [2.24, 2.45) is 0 Å². The van der Waals surface area contributed by atoms with Crippen molar-refractivity contribution in [3.05, 3.63) is 55.0 Å². The molecule has 1 fully saturated rings. The zero-order valence-electron chi connectivity index (χ0n) is 17.1. The molecule has 0 unspecified atom stereocenters. The van der Waals surface area contributed by atoms with E-state index in [-0.39, 0.29) is 11.7 Å². The summed E-state index contributed by atoms with van der Waals surface area (Å²) in [4.78, 5) is 19.6. The monoisotopic (exact) mass is 511 g/mol. The summed E-state index contributed by atoms with van der Waals surface area (Å²) < 4.78 is 6.65. The van der Waals surface area contributed by atoms with Crippen LogP contribution in [-0.2, 0) is 0 Å². The van der Waals surface area contributed by atoms with Gasteiger partial charge in [0.1, 0.15) is 10.2 Å². The minimum Gasteiger partial charge on any atom is -0.488 e. The molecular weight excluding hydrogens is 489 g/mol. The number of pyridine rings is 2. The Kier molecular flexibility index (Phi) is 7.66. The minimum absolute atomic E-state index is 0.178. The van der Waals surface area contributed by atoms with Crippen molar-refractivity contribution in [3.8, 4) is 5.75 Å². The van der Waals surface area contributed by atoms with E-state index in [1.54, 1.807) is 0 Å². The summed E-state index contributed by atoms with van der Waals surface area (Å²) in [6, 6.07) is 3.93. The zero-order valence-corrected chi connectivity index (χ0v) is 20.2. The molecule has 2 heterocycles. The highest BCUT2D eigenvalue weighted by Gasteiger charge is 2.21. The number of hydrogen-bond acceptors (Lipinski definition) is 4. The summed E-state index contributed by atoms with van der Waals surface area (Å²) in [5.41, 5.74) is 2.43. The fourth-order valence-corrected chi connectivity index (χ4v) is 4.39. The number of aromatic nitrogens is 2. The molecule has 2 aromatic heterocycles. The number of aryl methyl sites for hydroxylation is 1. The van der Waals surface area contributed by atoms with Gasteiger partial charge in [0.15, 0.2) is 0 Å². The van der Waals surface area contributed by atoms with E-state index in [1.165, 1.54) is 25.2 Å². The molecule has 0 bridgehead atoms. The topological polar surface area (TPSA) is 67.0 Å². The molecule has 1 saturated carbocycles. The van der Waals surface area contributed by atoms with Gasteiger partial charge in [0.25, 0.3) is 5.56 Å². The molecular formula is C22H24BrCl2N3O2. The van der Waals surface area contributed by atoms with E-state index in [1.807, 2.05) is 32.9 Å². The van der Waals surface area contributed by atoms with Crippen molar-refractivity contribution in [3.63, 3.8) is 0 Å². The molecule has 0 saturated heterocycles. The maximum absolute atomic E-state index is 12.6. The molecule has 0 spiro atoms. The molecule has 2 N–H and O–H groups in total. The van der Waals surface area contributed by atoms with E-state index in [9.17, 15) is 4.79 Å². The van der Waals surface area contributed by atoms with Gasteiger partial charge in [-0.3, -0.25) is 9.78 Å². The average molecular weight is 513 g/mol. The molecule has 1 aliphatic rings. The van der Waals surface area contributed by atoms with E-state index in [0.29, 0.717) is 37.2 Å². The van der Waals surface area contributed by atoms with Crippen LogP contribution in [0.4, 0.5) is 11.4 Å². The smallest absolute Gasteiger partial charge is 0.264 e. The fourth-order valence-electron chi connectivity index (χ4n) is 3.52. The first kappa shape index (κ1) is 22.9. The Balaban J connectivity index is 0.00000124. The molecule has 3 aromatic rings. The number of halogens is 3. The van der Waals surface area contributed by atoms with Gasteiger partial charge in [-0.1, -0.05) is 49.2 Å². The SMILES string of the molecule is CC.Cc1ccc2c(Nc3c(Cl)cncc3Cl)c(Br)c(=O)[nH]c2c1OC1CCCC1. The highest BCUT2D eigenvalue weighted by molar-refractivity contribution is 9.10. The first-order valence-corrected chi connectivity index (χ1v) is 11.6. The quantitative estimate of drug-likeness (QED) is 0.382. The van der Waals surface area contributed by atoms with Crippen LogP contribution in [0.15, 0.2) is 33.8 Å². The summed E-state index contributed by atoms with van der Waals surface area (Å²) >= 11 is 15.9. The maximum atomic E-state index is 12.6. The lowest BCUT2D eigenvalue weighted by atomic mass is 10.1. The first-order chi connectivity index (χ1) is 14.5. The Morgan fingerprint density at radius 2 is 1.77 bits per heavy atom. The second-order valence-electron chi connectivity index (χ2n) is 6.90. The number of rotatable bonds is 4. The van der Waals surface area contributed by atoms with Crippen LogP contribution in [0.1, 0.15) is 45.1 Å². The Morgan fingerprint density at radius 1 is 1.13 bits per heavy atom. The number of benzene rings is 1. The maximum Gasteiger partial charge on any atom is 0.264 e. The first-order valence-electron chi connectivity index (χ1n) is 10.0. The van der Waals surface area contributed by atoms with Crippen LogP contribution in [0.2, 0.25) is 10.0 Å². The molecule has 160 valence electrons. The summed E-state index contributed by atoms with van der Waals surface area (Å²) in [6.45, 7) is 5.98. The number of anilines is 2. The predicted molar refractivity (Wildman–Crippen MR) is 129 cm³/mol. The van der Waals surface area contributed by atoms with E-state index >= 15 is 0 Å². The Hall–Kier alpha value is -1.76. The number of nitrogens with zero attached hydrogens (tertiary/aromatic N) is 1. The van der Waals surface area contributed by atoms with Crippen LogP contribution in [0, 0.1) is 6.92 Å². The van der Waals surface area contributed by atoms with Crippen molar-refractivity contribution >= 4 is 61.4 Å². The number of hydrogen-bond donors (Lipinski definition) is 2. The van der Waals surface area contributed by atoms with Gasteiger partial charge in [-0.15, -0.1) is 0 Å². The molecule has 0 aliphatic heterocycles. The molecule has 1 aliphatic carbocycles. The second kappa shape index (κ2) is 10.0. The Morgan fingerprint density at radius 3 is 2.40 bits per heavy atom. The lowest BCUT2D eigenvalue weighted by Gasteiger charge is -2.19. The summed E-state index contributed by atoms with van der Waals surface area (Å²) in [7, 11) is 0. The highest BCUT2D eigenvalue weighted by Crippen LogP contribution is 2.40. The molecule has 5 nitrogen and oxygen atoms in total. The molecule has 1 aromatic carbocycles. The predicted octanol–water partition coefficient (Wildman–Crippen LogP) is 7.39. The molecule has 0 amide bonds. The third-order valence-corrected chi connectivity index (χ3v) is 6.30. The fraction of sp³-hybridized carbons (Fsp3) is 0.364. The minimum atomic E-state index is -0.266. The number of aromatic amines is 1. The van der Waals surface area contributed by atoms with Crippen molar-refractivity contribution in [2.75, 3.05) is 5.32 Å². The standard InChI is InChI=1S/C20H18BrCl2N3O2.C2H6/c1-10-6-7-12-16(25-18-13(22)8-24-9-14(18)23)15(21)20(27)26-17(12)19(10)28-11-4-2-3-5-11;1-2/h6-9,11H,2-5H2,1H3,(H2,24,25,26,27);1-2H3. The number of H-pyrrole nitrogens is 1. The van der Waals surface area contributed by atoms with Gasteiger partial charge in [-0.2, -0.15) is 0 Å². The van der Waals surface area contributed by atoms with Gasteiger partial charge in [0.05, 0.1) is 33.0 Å². The van der Waals surface area contributed by atoms with Gasteiger partial charge in [-0.25, -0.2) is 0 Å². The number of nitrogens with one attached hydrogen (secondary N) is 2. The largest absolute Gasteiger partial charge is 0.488 e. The van der Waals surface area contributed by atoms with Gasteiger partial charge >= 0.3 is 0 Å². The van der Waals surface area contributed by atoms with Crippen molar-refractivity contribution < 1.29 is 4.74 Å². The van der Waals surface area contributed by atoms with Crippen LogP contribution in [0.3, 0.4) is 0 Å². The summed E-state index contributed by atoms with van der Waals surface area (Å²) in [5.74, 6) is 0.712. The van der Waals surface area contributed by atoms with Crippen LogP contribution >= 0.6 is 39.1 Å². The molecule has 8 heteroatoms. The molecule has 0 radical (unpaired) electrons. The lowest BCUT2D eigenvalue weighted by Crippen LogP contribution is -2.15. The Bertz CT molecular complexity index is 1090. The molecule has 4 rings (SSSR count). The third-order valence-electron chi connectivity index (χ3n) is 4.97. The third kappa shape index (κ3) is 4.61. The Labute approximate surface area is 194 Å². The van der Waals surface area contributed by atoms with E-state index < -0.39 is 0 Å². The normalized spacial score (nSPS) is 13.8. The van der Waals surface area contributed by atoms with Crippen LogP contribution in [-0.4, -0.2) is 16.1 Å². The number of fused-ring (bicyclic) bond motifs is 1. The molecule has 30 heavy (non-hydrogen) atoms.